The molecule has 1 rings (SSSR count). The molecule has 90 valence electrons. The van der Waals surface area contributed by atoms with E-state index in [9.17, 15) is 0 Å². The molecule has 0 bridgehead atoms. The summed E-state index contributed by atoms with van der Waals surface area (Å²) in [6, 6.07) is 9.11. The van der Waals surface area contributed by atoms with Gasteiger partial charge in [-0.05, 0) is 12.1 Å². The number of benzene rings is 1. The Bertz CT molecular complexity index is 349. The van der Waals surface area contributed by atoms with E-state index in [4.69, 9.17) is 0 Å². The van der Waals surface area contributed by atoms with Gasteiger partial charge in [0.05, 0.1) is 7.83 Å². The lowest BCUT2D eigenvalue weighted by Gasteiger charge is -2.37. The van der Waals surface area contributed by atoms with Gasteiger partial charge in [-0.3, -0.25) is 0 Å². The summed E-state index contributed by atoms with van der Waals surface area (Å²) in [6.07, 6.45) is 0. The summed E-state index contributed by atoms with van der Waals surface area (Å²) >= 11 is 3.62. The second-order valence-electron chi connectivity index (χ2n) is 6.72. The number of hydrogen-bond donors (Lipinski definition) is 0. The molecular formula is C12H23BrSi3. The van der Waals surface area contributed by atoms with Crippen LogP contribution in [0.2, 0.25) is 39.3 Å². The molecule has 0 aliphatic heterocycles. The zero-order valence-corrected chi connectivity index (χ0v) is 16.0. The molecule has 0 aromatic heterocycles. The van der Waals surface area contributed by atoms with E-state index in [1.54, 1.807) is 5.19 Å². The van der Waals surface area contributed by atoms with Crippen LogP contribution in [-0.2, 0) is 0 Å². The zero-order chi connectivity index (χ0) is 12.6. The first-order valence-electron chi connectivity index (χ1n) is 5.88. The van der Waals surface area contributed by atoms with Gasteiger partial charge >= 0.3 is 0 Å². The van der Waals surface area contributed by atoms with Crippen molar-refractivity contribution in [1.82, 2.24) is 0 Å². The molecule has 4 heteroatoms. The van der Waals surface area contributed by atoms with Gasteiger partial charge in [0.15, 0.2) is 0 Å². The lowest BCUT2D eigenvalue weighted by molar-refractivity contribution is 1.69. The maximum Gasteiger partial charge on any atom is 0.0592 e. The minimum absolute atomic E-state index is 0.749. The van der Waals surface area contributed by atoms with Crippen molar-refractivity contribution >= 4 is 44.1 Å². The highest BCUT2D eigenvalue weighted by atomic mass is 79.9. The molecule has 1 aromatic carbocycles. The van der Waals surface area contributed by atoms with Crippen LogP contribution in [0, 0.1) is 0 Å². The zero-order valence-electron chi connectivity index (χ0n) is 11.3. The van der Waals surface area contributed by atoms with Crippen LogP contribution >= 0.6 is 15.9 Å². The Hall–Kier alpha value is 0.351. The highest BCUT2D eigenvalue weighted by Gasteiger charge is 2.39. The minimum atomic E-state index is -1.01. The fourth-order valence-electron chi connectivity index (χ4n) is 2.99. The molecule has 0 aliphatic carbocycles. The van der Waals surface area contributed by atoms with Crippen molar-refractivity contribution in [3.8, 4) is 0 Å². The Morgan fingerprint density at radius 3 is 1.81 bits per heavy atom. The predicted octanol–water partition coefficient (Wildman–Crippen LogP) is 3.72. The Morgan fingerprint density at radius 1 is 0.938 bits per heavy atom. The summed E-state index contributed by atoms with van der Waals surface area (Å²) in [7, 11) is -2.76. The van der Waals surface area contributed by atoms with Gasteiger partial charge in [-0.1, -0.05) is 72.5 Å². The highest BCUT2D eigenvalue weighted by molar-refractivity contribution is 9.10. The van der Waals surface area contributed by atoms with Crippen LogP contribution in [0.5, 0.6) is 0 Å². The molecule has 16 heavy (non-hydrogen) atoms. The molecule has 1 aromatic rings. The number of rotatable bonds is 3. The summed E-state index contributed by atoms with van der Waals surface area (Å²) in [6.45, 7) is 15.4. The lowest BCUT2D eigenvalue weighted by atomic mass is 10.4. The van der Waals surface area contributed by atoms with Crippen molar-refractivity contribution in [3.05, 3.63) is 28.7 Å². The number of hydrogen-bond acceptors (Lipinski definition) is 0. The molecule has 0 spiro atoms. The Kier molecular flexibility index (Phi) is 4.43. The van der Waals surface area contributed by atoms with E-state index < -0.39 is 23.0 Å². The van der Waals surface area contributed by atoms with Gasteiger partial charge in [0, 0.05) is 19.7 Å². The van der Waals surface area contributed by atoms with Crippen molar-refractivity contribution in [2.24, 2.45) is 0 Å². The Balaban J connectivity index is 3.23. The van der Waals surface area contributed by atoms with E-state index >= 15 is 0 Å². The summed E-state index contributed by atoms with van der Waals surface area (Å²) in [5.74, 6) is 0. The minimum Gasteiger partial charge on any atom is -0.0716 e. The van der Waals surface area contributed by atoms with E-state index in [1.807, 2.05) is 0 Å². The average Bonchev–Trinajstić information content (AvgIpc) is 1.97. The molecule has 0 N–H and O–H groups in total. The van der Waals surface area contributed by atoms with E-state index in [2.05, 4.69) is 79.5 Å². The standard InChI is InChI=1S/C12H23BrSi3/c1-15(2,3)14(16(4,5)6)12-9-7-8-11(13)10-12/h7-10,14H,1-6H3. The van der Waals surface area contributed by atoms with Gasteiger partial charge in [-0.2, -0.15) is 0 Å². The molecule has 0 radical (unpaired) electrons. The maximum atomic E-state index is 3.62. The third-order valence-corrected chi connectivity index (χ3v) is 35.9. The van der Waals surface area contributed by atoms with Gasteiger partial charge in [0.1, 0.15) is 0 Å². The van der Waals surface area contributed by atoms with Crippen molar-refractivity contribution in [2.45, 2.75) is 39.3 Å². The van der Waals surface area contributed by atoms with Gasteiger partial charge in [0.2, 0.25) is 0 Å². The van der Waals surface area contributed by atoms with E-state index in [0.29, 0.717) is 0 Å². The molecule has 0 saturated carbocycles. The Labute approximate surface area is 112 Å². The highest BCUT2D eigenvalue weighted by Crippen LogP contribution is 2.19. The topological polar surface area (TPSA) is 0 Å². The van der Waals surface area contributed by atoms with E-state index in [0.717, 1.165) is 0 Å². The van der Waals surface area contributed by atoms with Gasteiger partial charge in [0.25, 0.3) is 0 Å². The van der Waals surface area contributed by atoms with Crippen LogP contribution in [-0.4, -0.2) is 23.0 Å². The third-order valence-electron chi connectivity index (χ3n) is 2.91. The molecular weight excluding hydrogens is 308 g/mol. The molecule has 0 aliphatic rings. The second-order valence-corrected chi connectivity index (χ2v) is 34.2. The maximum absolute atomic E-state index is 3.62. The largest absolute Gasteiger partial charge is 0.0716 e. The van der Waals surface area contributed by atoms with Crippen LogP contribution in [0.4, 0.5) is 0 Å². The summed E-state index contributed by atoms with van der Waals surface area (Å²) in [5, 5.41) is 1.69. The first kappa shape index (κ1) is 14.4. The molecule has 0 atom stereocenters. The lowest BCUT2D eigenvalue weighted by Crippen LogP contribution is -2.65. The quantitative estimate of drug-likeness (QED) is 0.741. The van der Waals surface area contributed by atoms with Gasteiger partial charge in [-0.25, -0.2) is 0 Å². The van der Waals surface area contributed by atoms with Crippen molar-refractivity contribution in [2.75, 3.05) is 0 Å². The SMILES string of the molecule is C[Si](C)(C)[SiH](c1cccc(Br)c1)[Si](C)(C)C. The van der Waals surface area contributed by atoms with Crippen LogP contribution in [0.1, 0.15) is 0 Å². The number of halogens is 1. The molecule has 0 fully saturated rings. The summed E-state index contributed by atoms with van der Waals surface area (Å²) in [5.41, 5.74) is 0. The molecule has 0 nitrogen and oxygen atoms in total. The summed E-state index contributed by atoms with van der Waals surface area (Å²) < 4.78 is 1.25. The predicted molar refractivity (Wildman–Crippen MR) is 87.6 cm³/mol. The molecule has 0 unspecified atom stereocenters. The van der Waals surface area contributed by atoms with Gasteiger partial charge in [-0.15, -0.1) is 0 Å². The van der Waals surface area contributed by atoms with Crippen LogP contribution in [0.25, 0.3) is 0 Å². The monoisotopic (exact) mass is 330 g/mol. The van der Waals surface area contributed by atoms with Crippen molar-refractivity contribution in [1.29, 1.82) is 0 Å². The van der Waals surface area contributed by atoms with Crippen molar-refractivity contribution in [3.63, 3.8) is 0 Å². The third kappa shape index (κ3) is 3.68. The first-order chi connectivity index (χ1) is 7.12. The van der Waals surface area contributed by atoms with Gasteiger partial charge < -0.3 is 0 Å². The normalized spacial score (nSPS) is 13.2. The van der Waals surface area contributed by atoms with E-state index in [-0.39, 0.29) is 0 Å². The summed E-state index contributed by atoms with van der Waals surface area (Å²) in [4.78, 5) is 0. The fourth-order valence-corrected chi connectivity index (χ4v) is 47.1. The molecule has 0 heterocycles. The smallest absolute Gasteiger partial charge is 0.0592 e. The van der Waals surface area contributed by atoms with Crippen LogP contribution in [0.3, 0.4) is 0 Å². The van der Waals surface area contributed by atoms with E-state index in [1.165, 1.54) is 4.47 Å². The first-order valence-corrected chi connectivity index (χ1v) is 17.9. The van der Waals surface area contributed by atoms with Crippen molar-refractivity contribution < 1.29 is 0 Å². The Morgan fingerprint density at radius 2 is 1.44 bits per heavy atom. The molecule has 0 amide bonds. The van der Waals surface area contributed by atoms with Crippen LogP contribution < -0.4 is 5.19 Å². The average molecular weight is 331 g/mol. The van der Waals surface area contributed by atoms with Crippen LogP contribution in [0.15, 0.2) is 28.7 Å². The second kappa shape index (κ2) is 4.92. The molecule has 0 saturated heterocycles. The fraction of sp³-hybridized carbons (Fsp3) is 0.500.